The van der Waals surface area contributed by atoms with Crippen molar-refractivity contribution in [1.82, 2.24) is 25.1 Å². The third-order valence-electron chi connectivity index (χ3n) is 6.22. The van der Waals surface area contributed by atoms with Crippen LogP contribution >= 0.6 is 23.2 Å². The number of hydrogen-bond donors (Lipinski definition) is 0. The second kappa shape index (κ2) is 7.73. The molecule has 2 aromatic rings. The number of ether oxygens (including phenoxy) is 1. The molecule has 29 heavy (non-hydrogen) atoms. The maximum atomic E-state index is 6.45. The van der Waals surface area contributed by atoms with Crippen LogP contribution in [0.5, 0.6) is 5.75 Å². The molecule has 3 aliphatic rings. The molecule has 2 aliphatic heterocycles. The van der Waals surface area contributed by atoms with Gasteiger partial charge in [0.1, 0.15) is 0 Å². The molecule has 0 aromatic carbocycles. The second-order valence-corrected chi connectivity index (χ2v) is 10.4. The summed E-state index contributed by atoms with van der Waals surface area (Å²) in [7, 11) is 0. The minimum absolute atomic E-state index is 0.126. The van der Waals surface area contributed by atoms with Crippen LogP contribution in [0.3, 0.4) is 0 Å². The fourth-order valence-electron chi connectivity index (χ4n) is 4.89. The maximum absolute atomic E-state index is 6.45. The van der Waals surface area contributed by atoms with Crippen LogP contribution in [0.1, 0.15) is 36.9 Å². The van der Waals surface area contributed by atoms with Gasteiger partial charge in [0.25, 0.3) is 0 Å². The van der Waals surface area contributed by atoms with Gasteiger partial charge in [-0.2, -0.15) is 4.98 Å². The fourth-order valence-corrected chi connectivity index (χ4v) is 6.15. The standard InChI is InChI=1S/C19H21Cl2N6O.Pb/c1-11-7-26(2)8-13-14(3-4-22-15(11)13)28-12-5-19(6-12)9-27(10-19)17-16(20)24-25-18(21)23-17;/h3-4,11-12H,2,5-10H2,1H3;. The first-order valence-corrected chi connectivity index (χ1v) is 13.3. The Kier molecular flexibility index (Phi) is 5.37. The summed E-state index contributed by atoms with van der Waals surface area (Å²) < 4.78 is 7.63. The minimum atomic E-state index is 0.126. The molecule has 4 heterocycles. The molecule has 1 unspecified atom stereocenters. The molecule has 0 amide bonds. The Balaban J connectivity index is 1.23. The van der Waals surface area contributed by atoms with Crippen molar-refractivity contribution in [2.45, 2.75) is 38.3 Å². The zero-order valence-electron chi connectivity index (χ0n) is 16.1. The molecule has 151 valence electrons. The molecule has 1 aliphatic carbocycles. The first kappa shape index (κ1) is 20.1. The third kappa shape index (κ3) is 3.72. The number of rotatable bonds is 4. The van der Waals surface area contributed by atoms with Gasteiger partial charge in [0, 0.05) is 0 Å². The van der Waals surface area contributed by atoms with E-state index in [1.165, 1.54) is 41.1 Å². The summed E-state index contributed by atoms with van der Waals surface area (Å²) in [5, 5.41) is 7.96. The van der Waals surface area contributed by atoms with Crippen molar-refractivity contribution in [3.05, 3.63) is 34.0 Å². The Hall–Kier alpha value is -0.778. The van der Waals surface area contributed by atoms with Crippen molar-refractivity contribution in [2.24, 2.45) is 5.41 Å². The van der Waals surface area contributed by atoms with Gasteiger partial charge in [-0.05, 0) is 11.6 Å². The number of aromatic nitrogens is 4. The summed E-state index contributed by atoms with van der Waals surface area (Å²) in [6.07, 6.45) is 4.25. The second-order valence-electron chi connectivity index (χ2n) is 8.44. The van der Waals surface area contributed by atoms with Gasteiger partial charge in [-0.15, -0.1) is 10.2 Å². The molecule has 1 atom stereocenters. The summed E-state index contributed by atoms with van der Waals surface area (Å²) in [6, 6.07) is 2.04. The van der Waals surface area contributed by atoms with Gasteiger partial charge in [-0.3, -0.25) is 0 Å². The number of nitrogens with zero attached hydrogens (tertiary/aromatic N) is 6. The molecule has 0 bridgehead atoms. The number of fused-ring (bicyclic) bond motifs is 1. The van der Waals surface area contributed by atoms with Crippen molar-refractivity contribution in [1.29, 1.82) is 0 Å². The van der Waals surface area contributed by atoms with E-state index in [2.05, 4.69) is 36.9 Å². The Morgan fingerprint density at radius 1 is 1.28 bits per heavy atom. The van der Waals surface area contributed by atoms with E-state index >= 15 is 0 Å². The van der Waals surface area contributed by atoms with Crippen LogP contribution in [-0.2, 0) is 6.54 Å². The molecule has 1 saturated carbocycles. The number of pyridine rings is 1. The Labute approximate surface area is 195 Å². The summed E-state index contributed by atoms with van der Waals surface area (Å²) in [4.78, 5) is 13.5. The molecule has 10 heteroatoms. The van der Waals surface area contributed by atoms with E-state index < -0.39 is 0 Å². The number of anilines is 1. The molecule has 1 spiro atoms. The zero-order chi connectivity index (χ0) is 20.2. The summed E-state index contributed by atoms with van der Waals surface area (Å²) >= 11 is 13.2. The van der Waals surface area contributed by atoms with Gasteiger partial charge in [0.15, 0.2) is 5.15 Å². The predicted molar refractivity (Wildman–Crippen MR) is 112 cm³/mol. The van der Waals surface area contributed by atoms with Crippen molar-refractivity contribution in [2.75, 3.05) is 28.6 Å². The van der Waals surface area contributed by atoms with E-state index in [-0.39, 0.29) is 16.8 Å². The molecule has 1 saturated heterocycles. The topological polar surface area (TPSA) is 67.3 Å². The first-order valence-electron chi connectivity index (χ1n) is 9.78. The molecule has 2 fully saturated rings. The van der Waals surface area contributed by atoms with Crippen molar-refractivity contribution in [3.8, 4) is 5.75 Å². The van der Waals surface area contributed by atoms with E-state index in [0.717, 1.165) is 44.8 Å². The average molecular weight is 628 g/mol. The van der Waals surface area contributed by atoms with Crippen LogP contribution in [0.2, 0.25) is 10.4 Å². The van der Waals surface area contributed by atoms with Crippen molar-refractivity contribution in [3.63, 3.8) is 0 Å². The Morgan fingerprint density at radius 3 is 2.83 bits per heavy atom. The molecular formula is C19H21Cl2N6OPb. The average Bonchev–Trinajstić information content (AvgIpc) is 2.65. The monoisotopic (exact) mass is 627 g/mol. The SMILES string of the molecule is CC1CN([CH2][Pb])Cc2c(OC3CC4(C3)CN(c3nc(Cl)nnc3Cl)C4)ccnc21. The van der Waals surface area contributed by atoms with Crippen LogP contribution in [0.4, 0.5) is 5.82 Å². The molecular weight excluding hydrogens is 606 g/mol. The van der Waals surface area contributed by atoms with Crippen molar-refractivity contribution < 1.29 is 4.74 Å². The molecule has 7 nitrogen and oxygen atoms in total. The van der Waals surface area contributed by atoms with Gasteiger partial charge in [-0.1, -0.05) is 11.6 Å². The molecule has 3 radical (unpaired) electrons. The van der Waals surface area contributed by atoms with E-state index in [1.54, 1.807) is 0 Å². The summed E-state index contributed by atoms with van der Waals surface area (Å²) in [6.45, 7) is 6.13. The van der Waals surface area contributed by atoms with Crippen LogP contribution < -0.4 is 9.64 Å². The van der Waals surface area contributed by atoms with E-state index in [4.69, 9.17) is 27.9 Å². The molecule has 2 aromatic heterocycles. The number of halogens is 2. The normalized spacial score (nSPS) is 23.4. The first-order chi connectivity index (χ1) is 14.0. The number of hydrogen-bond acceptors (Lipinski definition) is 7. The summed E-state index contributed by atoms with van der Waals surface area (Å²) in [5.74, 6) is 2.11. The third-order valence-corrected chi connectivity index (χ3v) is 8.36. The van der Waals surface area contributed by atoms with E-state index in [9.17, 15) is 0 Å². The van der Waals surface area contributed by atoms with E-state index in [1.807, 2.05) is 12.3 Å². The van der Waals surface area contributed by atoms with Gasteiger partial charge in [0.05, 0.1) is 0 Å². The fraction of sp³-hybridized carbons (Fsp3) is 0.579. The quantitative estimate of drug-likeness (QED) is 0.484. The van der Waals surface area contributed by atoms with Crippen LogP contribution in [0, 0.1) is 5.41 Å². The Bertz CT molecular complexity index is 933. The van der Waals surface area contributed by atoms with Crippen molar-refractivity contribution >= 4 is 54.8 Å². The van der Waals surface area contributed by atoms with Gasteiger partial charge < -0.3 is 0 Å². The molecule has 0 N–H and O–H groups in total. The zero-order valence-corrected chi connectivity index (χ0v) is 21.5. The predicted octanol–water partition coefficient (Wildman–Crippen LogP) is 2.67. The van der Waals surface area contributed by atoms with Crippen LogP contribution in [0.15, 0.2) is 12.3 Å². The van der Waals surface area contributed by atoms with Gasteiger partial charge in [-0.25, -0.2) is 0 Å². The van der Waals surface area contributed by atoms with Crippen LogP contribution in [-0.4, -0.2) is 80.7 Å². The van der Waals surface area contributed by atoms with Gasteiger partial charge in [0.2, 0.25) is 5.28 Å². The summed E-state index contributed by atoms with van der Waals surface area (Å²) in [5.41, 5.74) is 2.78. The van der Waals surface area contributed by atoms with E-state index in [0.29, 0.717) is 16.9 Å². The van der Waals surface area contributed by atoms with Gasteiger partial charge >= 0.3 is 148 Å². The Morgan fingerprint density at radius 2 is 2.07 bits per heavy atom. The molecule has 5 rings (SSSR count). The van der Waals surface area contributed by atoms with Crippen LogP contribution in [0.25, 0.3) is 0 Å².